The number of likely N-dealkylation sites (N-methyl/N-ethyl adjacent to an activating group) is 1. The summed E-state index contributed by atoms with van der Waals surface area (Å²) in [6, 6.07) is 15.6. The quantitative estimate of drug-likeness (QED) is 0.390. The van der Waals surface area contributed by atoms with Gasteiger partial charge in [0.1, 0.15) is 29.2 Å². The summed E-state index contributed by atoms with van der Waals surface area (Å²) in [7, 11) is -0.800. The minimum absolute atomic E-state index is 0.00815. The van der Waals surface area contributed by atoms with Crippen molar-refractivity contribution in [2.24, 2.45) is 0 Å². The zero-order valence-electron chi connectivity index (χ0n) is 27.1. The largest absolute Gasteiger partial charge is 0.496 e. The van der Waals surface area contributed by atoms with E-state index < -0.39 is 57.1 Å². The Balaban J connectivity index is 1.79. The fourth-order valence-electron chi connectivity index (χ4n) is 5.18. The van der Waals surface area contributed by atoms with E-state index in [-0.39, 0.29) is 13.1 Å². The molecule has 1 heterocycles. The van der Waals surface area contributed by atoms with Crippen molar-refractivity contribution in [3.63, 3.8) is 0 Å². The monoisotopic (exact) mass is 652 g/mol. The van der Waals surface area contributed by atoms with Gasteiger partial charge in [0.2, 0.25) is 11.8 Å². The van der Waals surface area contributed by atoms with Crippen LogP contribution in [0.1, 0.15) is 33.3 Å². The number of nitrogens with one attached hydrogen (secondary N) is 1. The standard InChI is InChI=1S/C33H40N4O8S/c1-21(35(5)32(41)45-33(2,3)4)30(39)34-25-19-36(29(38)20-46(7,42)43)26-14-10-11-15-27(26)37(31(25)40)18-24-23-13-9-8-12-22(23)16-17-28(24)44-6/h8-17,21,25H,18-20H2,1-7H3,(H,34,39)/t21-,25-/m0/s1. The number of fused-ring (bicyclic) bond motifs is 2. The normalized spacial score (nSPS) is 15.9. The first-order valence-corrected chi connectivity index (χ1v) is 16.8. The third kappa shape index (κ3) is 7.76. The molecule has 2 atom stereocenters. The highest BCUT2D eigenvalue weighted by atomic mass is 32.2. The number of nitrogens with zero attached hydrogens (tertiary/aromatic N) is 3. The molecule has 246 valence electrons. The van der Waals surface area contributed by atoms with Crippen molar-refractivity contribution >= 4 is 55.8 Å². The maximum atomic E-state index is 14.5. The van der Waals surface area contributed by atoms with Crippen molar-refractivity contribution < 1.29 is 37.1 Å². The van der Waals surface area contributed by atoms with Gasteiger partial charge in [0.15, 0.2) is 9.84 Å². The summed E-state index contributed by atoms with van der Waals surface area (Å²) in [4.78, 5) is 58.0. The van der Waals surface area contributed by atoms with Crippen molar-refractivity contribution in [2.75, 3.05) is 42.5 Å². The van der Waals surface area contributed by atoms with Gasteiger partial charge in [-0.15, -0.1) is 0 Å². The second kappa shape index (κ2) is 13.4. The summed E-state index contributed by atoms with van der Waals surface area (Å²) >= 11 is 0. The number of hydrogen-bond acceptors (Lipinski definition) is 8. The Morgan fingerprint density at radius 2 is 1.65 bits per heavy atom. The zero-order valence-corrected chi connectivity index (χ0v) is 27.9. The maximum absolute atomic E-state index is 14.5. The van der Waals surface area contributed by atoms with Gasteiger partial charge in [-0.05, 0) is 56.7 Å². The molecule has 0 aromatic heterocycles. The Bertz CT molecular complexity index is 1770. The van der Waals surface area contributed by atoms with Gasteiger partial charge in [-0.1, -0.05) is 42.5 Å². The average Bonchev–Trinajstić information content (AvgIpc) is 3.09. The summed E-state index contributed by atoms with van der Waals surface area (Å²) in [5.74, 6) is -2.24. The number of hydrogen-bond donors (Lipinski definition) is 1. The molecule has 0 saturated heterocycles. The number of sulfone groups is 1. The molecule has 1 aliphatic rings. The van der Waals surface area contributed by atoms with E-state index in [0.717, 1.165) is 21.9 Å². The lowest BCUT2D eigenvalue weighted by atomic mass is 10.0. The van der Waals surface area contributed by atoms with E-state index in [4.69, 9.17) is 9.47 Å². The molecule has 0 saturated carbocycles. The number of carbonyl (C=O) groups excluding carboxylic acids is 4. The summed E-state index contributed by atoms with van der Waals surface area (Å²) in [6.45, 7) is 6.25. The lowest BCUT2D eigenvalue weighted by molar-refractivity contribution is -0.130. The molecule has 1 N–H and O–H groups in total. The lowest BCUT2D eigenvalue weighted by Crippen LogP contribution is -2.57. The van der Waals surface area contributed by atoms with Crippen molar-refractivity contribution in [3.05, 3.63) is 66.2 Å². The Kier molecular flexibility index (Phi) is 9.95. The fraction of sp³-hybridized carbons (Fsp3) is 0.394. The molecule has 0 bridgehead atoms. The Morgan fingerprint density at radius 3 is 2.28 bits per heavy atom. The van der Waals surface area contributed by atoms with E-state index in [1.165, 1.54) is 30.9 Å². The van der Waals surface area contributed by atoms with Crippen LogP contribution in [0, 0.1) is 0 Å². The highest BCUT2D eigenvalue weighted by Gasteiger charge is 2.39. The van der Waals surface area contributed by atoms with Crippen LogP contribution in [-0.2, 0) is 35.5 Å². The predicted octanol–water partition coefficient (Wildman–Crippen LogP) is 3.51. The lowest BCUT2D eigenvalue weighted by Gasteiger charge is -2.30. The third-order valence-electron chi connectivity index (χ3n) is 7.57. The highest BCUT2D eigenvalue weighted by Crippen LogP contribution is 2.37. The minimum Gasteiger partial charge on any atom is -0.496 e. The number of methoxy groups -OCH3 is 1. The van der Waals surface area contributed by atoms with Crippen molar-refractivity contribution in [2.45, 2.75) is 51.9 Å². The van der Waals surface area contributed by atoms with Crippen LogP contribution in [-0.4, -0.2) is 87.5 Å². The molecular formula is C33H40N4O8S. The van der Waals surface area contributed by atoms with Gasteiger partial charge in [-0.2, -0.15) is 0 Å². The van der Waals surface area contributed by atoms with Gasteiger partial charge < -0.3 is 24.6 Å². The van der Waals surface area contributed by atoms with Crippen LogP contribution in [0.5, 0.6) is 5.75 Å². The smallest absolute Gasteiger partial charge is 0.410 e. The molecule has 46 heavy (non-hydrogen) atoms. The number of anilines is 2. The van der Waals surface area contributed by atoms with Crippen LogP contribution >= 0.6 is 0 Å². The third-order valence-corrected chi connectivity index (χ3v) is 8.34. The van der Waals surface area contributed by atoms with Crippen LogP contribution in [0.25, 0.3) is 10.8 Å². The predicted molar refractivity (Wildman–Crippen MR) is 176 cm³/mol. The Morgan fingerprint density at radius 1 is 1.02 bits per heavy atom. The van der Waals surface area contributed by atoms with Gasteiger partial charge >= 0.3 is 6.09 Å². The molecule has 4 amide bonds. The molecule has 12 nitrogen and oxygen atoms in total. The van der Waals surface area contributed by atoms with Crippen LogP contribution < -0.4 is 19.9 Å². The summed E-state index contributed by atoms with van der Waals surface area (Å²) in [5, 5.41) is 4.48. The first-order chi connectivity index (χ1) is 21.5. The second-order valence-electron chi connectivity index (χ2n) is 12.3. The second-order valence-corrected chi connectivity index (χ2v) is 14.4. The molecular weight excluding hydrogens is 612 g/mol. The zero-order chi connectivity index (χ0) is 34.0. The van der Waals surface area contributed by atoms with E-state index in [1.54, 1.807) is 51.1 Å². The van der Waals surface area contributed by atoms with Gasteiger partial charge in [0.05, 0.1) is 31.6 Å². The van der Waals surface area contributed by atoms with Crippen molar-refractivity contribution in [1.82, 2.24) is 10.2 Å². The van der Waals surface area contributed by atoms with E-state index >= 15 is 0 Å². The first-order valence-electron chi connectivity index (χ1n) is 14.7. The van der Waals surface area contributed by atoms with Crippen molar-refractivity contribution in [1.29, 1.82) is 0 Å². The fourth-order valence-corrected chi connectivity index (χ4v) is 5.79. The maximum Gasteiger partial charge on any atom is 0.410 e. The average molecular weight is 653 g/mol. The van der Waals surface area contributed by atoms with Crippen LogP contribution in [0.15, 0.2) is 60.7 Å². The Hall–Kier alpha value is -4.65. The number of benzene rings is 3. The Labute approximate surface area is 269 Å². The topological polar surface area (TPSA) is 143 Å². The number of rotatable bonds is 8. The molecule has 0 fully saturated rings. The summed E-state index contributed by atoms with van der Waals surface area (Å²) in [6.07, 6.45) is 0.219. The van der Waals surface area contributed by atoms with Gasteiger partial charge in [-0.3, -0.25) is 19.3 Å². The SMILES string of the molecule is COc1ccc2ccccc2c1CN1C(=O)[C@@H](NC(=O)[C@H](C)N(C)C(=O)OC(C)(C)C)CN(C(=O)CS(C)(=O)=O)c2ccccc21. The van der Waals surface area contributed by atoms with Gasteiger partial charge in [-0.25, -0.2) is 13.2 Å². The molecule has 3 aromatic rings. The van der Waals surface area contributed by atoms with E-state index in [1.807, 2.05) is 30.3 Å². The highest BCUT2D eigenvalue weighted by molar-refractivity contribution is 7.91. The molecule has 3 aromatic carbocycles. The summed E-state index contributed by atoms with van der Waals surface area (Å²) < 4.78 is 35.4. The number of ether oxygens (including phenoxy) is 2. The van der Waals surface area contributed by atoms with Crippen LogP contribution in [0.2, 0.25) is 0 Å². The molecule has 4 rings (SSSR count). The van der Waals surface area contributed by atoms with Crippen LogP contribution in [0.4, 0.5) is 16.2 Å². The molecule has 0 unspecified atom stereocenters. The molecule has 0 aliphatic carbocycles. The van der Waals surface area contributed by atoms with Gasteiger partial charge in [0, 0.05) is 18.9 Å². The first kappa shape index (κ1) is 34.2. The van der Waals surface area contributed by atoms with E-state index in [0.29, 0.717) is 22.7 Å². The molecule has 1 aliphatic heterocycles. The van der Waals surface area contributed by atoms with Gasteiger partial charge in [0.25, 0.3) is 5.91 Å². The number of para-hydroxylation sites is 2. The number of carbonyl (C=O) groups is 4. The number of amides is 4. The van der Waals surface area contributed by atoms with E-state index in [9.17, 15) is 27.6 Å². The molecule has 0 radical (unpaired) electrons. The molecule has 0 spiro atoms. The van der Waals surface area contributed by atoms with Crippen molar-refractivity contribution in [3.8, 4) is 5.75 Å². The van der Waals surface area contributed by atoms with E-state index in [2.05, 4.69) is 5.32 Å². The molecule has 13 heteroatoms. The summed E-state index contributed by atoms with van der Waals surface area (Å²) in [5.41, 5.74) is 0.552. The minimum atomic E-state index is -3.74. The van der Waals surface area contributed by atoms with Crippen LogP contribution in [0.3, 0.4) is 0 Å².